The Morgan fingerprint density at radius 1 is 1.09 bits per heavy atom. The van der Waals surface area contributed by atoms with Gasteiger partial charge in [0, 0.05) is 43.2 Å². The van der Waals surface area contributed by atoms with Gasteiger partial charge in [-0.05, 0) is 35.1 Å². The van der Waals surface area contributed by atoms with Crippen LogP contribution >= 0.6 is 11.8 Å². The Bertz CT molecular complexity index is 1210. The number of carbonyl (C=O) groups excluding carboxylic acids is 1. The normalized spacial score (nSPS) is 19.0. The number of benzene rings is 2. The fourth-order valence-electron chi connectivity index (χ4n) is 4.64. The van der Waals surface area contributed by atoms with Gasteiger partial charge in [-0.1, -0.05) is 68.1 Å². The molecule has 3 aromatic rings. The second-order valence-corrected chi connectivity index (χ2v) is 10.7. The molecule has 0 amide bonds. The number of rotatable bonds is 5. The summed E-state index contributed by atoms with van der Waals surface area (Å²) in [5.41, 5.74) is 5.13. The van der Waals surface area contributed by atoms with Crippen LogP contribution in [0.25, 0.3) is 0 Å². The SMILES string of the molecule is CN(C)c1ccc(C2C3=C(CC(C)(C)CC3=O)Nc3nc(SCc4ccccc4)nn32)cc1. The van der Waals surface area contributed by atoms with Crippen LogP contribution < -0.4 is 10.2 Å². The van der Waals surface area contributed by atoms with Crippen molar-refractivity contribution in [2.75, 3.05) is 24.3 Å². The third-order valence-electron chi connectivity index (χ3n) is 6.25. The van der Waals surface area contributed by atoms with Gasteiger partial charge in [-0.2, -0.15) is 4.98 Å². The zero-order valence-corrected chi connectivity index (χ0v) is 20.3. The number of allylic oxidation sites excluding steroid dienone is 2. The molecule has 1 aliphatic heterocycles. The van der Waals surface area contributed by atoms with Crippen LogP contribution in [0.3, 0.4) is 0 Å². The molecular weight excluding hydrogens is 430 g/mol. The standard InChI is InChI=1S/C26H29N5OS/c1-26(2)14-20-22(21(32)15-26)23(18-10-12-19(13-11-18)30(3)4)31-24(27-20)28-25(29-31)33-16-17-8-6-5-7-9-17/h5-13,23H,14-16H2,1-4H3,(H,27,28,29). The van der Waals surface area contributed by atoms with Gasteiger partial charge in [0.2, 0.25) is 11.1 Å². The summed E-state index contributed by atoms with van der Waals surface area (Å²) in [6.07, 6.45) is 1.36. The predicted molar refractivity (Wildman–Crippen MR) is 134 cm³/mol. The molecule has 1 N–H and O–H groups in total. The number of hydrogen-bond acceptors (Lipinski definition) is 6. The molecule has 1 aromatic heterocycles. The molecule has 5 rings (SSSR count). The number of ketones is 1. The van der Waals surface area contributed by atoms with Crippen molar-refractivity contribution in [2.45, 2.75) is 43.6 Å². The maximum absolute atomic E-state index is 13.4. The lowest BCUT2D eigenvalue weighted by Gasteiger charge is -2.38. The Hall–Kier alpha value is -3.06. The third-order valence-corrected chi connectivity index (χ3v) is 7.16. The van der Waals surface area contributed by atoms with E-state index in [1.165, 1.54) is 5.56 Å². The molecule has 170 valence electrons. The first-order valence-corrected chi connectivity index (χ1v) is 12.2. The summed E-state index contributed by atoms with van der Waals surface area (Å²) in [6.45, 7) is 4.30. The van der Waals surface area contributed by atoms with E-state index in [9.17, 15) is 4.79 Å². The Morgan fingerprint density at radius 2 is 1.82 bits per heavy atom. The van der Waals surface area contributed by atoms with Gasteiger partial charge in [0.15, 0.2) is 5.78 Å². The van der Waals surface area contributed by atoms with E-state index < -0.39 is 0 Å². The number of hydrogen-bond donors (Lipinski definition) is 1. The minimum atomic E-state index is -0.269. The molecule has 1 aliphatic carbocycles. The van der Waals surface area contributed by atoms with Crippen LogP contribution in [0.4, 0.5) is 11.6 Å². The zero-order valence-electron chi connectivity index (χ0n) is 19.5. The molecule has 33 heavy (non-hydrogen) atoms. The first kappa shape index (κ1) is 21.8. The van der Waals surface area contributed by atoms with Gasteiger partial charge in [-0.25, -0.2) is 4.68 Å². The summed E-state index contributed by atoms with van der Waals surface area (Å²) >= 11 is 1.61. The maximum atomic E-state index is 13.4. The molecule has 1 atom stereocenters. The van der Waals surface area contributed by atoms with E-state index in [-0.39, 0.29) is 17.2 Å². The summed E-state index contributed by atoms with van der Waals surface area (Å²) in [5, 5.41) is 9.02. The van der Waals surface area contributed by atoms with E-state index in [1.54, 1.807) is 11.8 Å². The number of anilines is 2. The summed E-state index contributed by atoms with van der Waals surface area (Å²) in [6, 6.07) is 18.4. The summed E-state index contributed by atoms with van der Waals surface area (Å²) in [4.78, 5) is 20.2. The van der Waals surface area contributed by atoms with Crippen molar-refractivity contribution in [3.63, 3.8) is 0 Å². The van der Waals surface area contributed by atoms with E-state index in [0.717, 1.165) is 34.7 Å². The van der Waals surface area contributed by atoms with Gasteiger partial charge >= 0.3 is 0 Å². The number of thioether (sulfide) groups is 1. The fraction of sp³-hybridized carbons (Fsp3) is 0.346. The highest BCUT2D eigenvalue weighted by Gasteiger charge is 2.41. The highest BCUT2D eigenvalue weighted by atomic mass is 32.2. The van der Waals surface area contributed by atoms with E-state index in [2.05, 4.69) is 60.5 Å². The number of nitrogens with zero attached hydrogens (tertiary/aromatic N) is 4. The minimum Gasteiger partial charge on any atom is -0.378 e. The van der Waals surface area contributed by atoms with Crippen molar-refractivity contribution < 1.29 is 4.79 Å². The number of Topliss-reactive ketones (excluding diaryl/α,β-unsaturated/α-hetero) is 1. The Labute approximate surface area is 199 Å². The van der Waals surface area contributed by atoms with E-state index in [1.807, 2.05) is 37.0 Å². The van der Waals surface area contributed by atoms with Crippen LogP contribution in [0.1, 0.15) is 43.9 Å². The number of aromatic nitrogens is 3. The topological polar surface area (TPSA) is 63.1 Å². The Morgan fingerprint density at radius 3 is 2.52 bits per heavy atom. The highest BCUT2D eigenvalue weighted by molar-refractivity contribution is 7.98. The van der Waals surface area contributed by atoms with Crippen LogP contribution in [0, 0.1) is 5.41 Å². The molecule has 2 aromatic carbocycles. The van der Waals surface area contributed by atoms with Gasteiger partial charge in [0.05, 0.1) is 0 Å². The Balaban J connectivity index is 1.53. The predicted octanol–water partition coefficient (Wildman–Crippen LogP) is 5.29. The molecule has 6 nitrogen and oxygen atoms in total. The van der Waals surface area contributed by atoms with Gasteiger partial charge in [-0.15, -0.1) is 5.10 Å². The molecule has 2 heterocycles. The lowest BCUT2D eigenvalue weighted by molar-refractivity contribution is -0.118. The number of carbonyl (C=O) groups is 1. The third kappa shape index (κ3) is 4.29. The van der Waals surface area contributed by atoms with E-state index >= 15 is 0 Å². The van der Waals surface area contributed by atoms with Crippen LogP contribution in [0.5, 0.6) is 0 Å². The van der Waals surface area contributed by atoms with E-state index in [0.29, 0.717) is 17.5 Å². The van der Waals surface area contributed by atoms with Crippen molar-refractivity contribution in [2.24, 2.45) is 5.41 Å². The highest BCUT2D eigenvalue weighted by Crippen LogP contribution is 2.45. The quantitative estimate of drug-likeness (QED) is 0.523. The van der Waals surface area contributed by atoms with Crippen molar-refractivity contribution in [3.8, 4) is 0 Å². The van der Waals surface area contributed by atoms with Gasteiger partial charge < -0.3 is 10.2 Å². The summed E-state index contributed by atoms with van der Waals surface area (Å²) in [5.74, 6) is 1.69. The molecular formula is C26H29N5OS. The van der Waals surface area contributed by atoms with Crippen LogP contribution in [-0.2, 0) is 10.5 Å². The first-order valence-electron chi connectivity index (χ1n) is 11.2. The summed E-state index contributed by atoms with van der Waals surface area (Å²) in [7, 11) is 4.05. The van der Waals surface area contributed by atoms with Gasteiger partial charge in [-0.3, -0.25) is 4.79 Å². The second kappa shape index (κ2) is 8.37. The molecule has 2 aliphatic rings. The lowest BCUT2D eigenvalue weighted by atomic mass is 9.73. The largest absolute Gasteiger partial charge is 0.378 e. The second-order valence-electron chi connectivity index (χ2n) is 9.78. The molecule has 1 unspecified atom stereocenters. The fourth-order valence-corrected chi connectivity index (χ4v) is 5.42. The van der Waals surface area contributed by atoms with Crippen molar-refractivity contribution in [1.29, 1.82) is 0 Å². The van der Waals surface area contributed by atoms with Gasteiger partial charge in [0.1, 0.15) is 6.04 Å². The average Bonchev–Trinajstić information content (AvgIpc) is 3.18. The minimum absolute atomic E-state index is 0.0741. The van der Waals surface area contributed by atoms with Crippen molar-refractivity contribution in [1.82, 2.24) is 14.8 Å². The maximum Gasteiger partial charge on any atom is 0.227 e. The number of nitrogens with one attached hydrogen (secondary N) is 1. The molecule has 0 saturated heterocycles. The van der Waals surface area contributed by atoms with Crippen LogP contribution in [0.15, 0.2) is 71.0 Å². The first-order chi connectivity index (χ1) is 15.8. The number of fused-ring (bicyclic) bond motifs is 1. The molecule has 0 spiro atoms. The molecule has 0 bridgehead atoms. The van der Waals surface area contributed by atoms with Gasteiger partial charge in [0.25, 0.3) is 0 Å². The molecule has 0 fully saturated rings. The van der Waals surface area contributed by atoms with Crippen molar-refractivity contribution >= 4 is 29.2 Å². The monoisotopic (exact) mass is 459 g/mol. The summed E-state index contributed by atoms with van der Waals surface area (Å²) < 4.78 is 1.90. The average molecular weight is 460 g/mol. The van der Waals surface area contributed by atoms with E-state index in [4.69, 9.17) is 10.1 Å². The molecule has 0 radical (unpaired) electrons. The van der Waals surface area contributed by atoms with Crippen molar-refractivity contribution in [3.05, 3.63) is 77.0 Å². The van der Waals surface area contributed by atoms with Crippen LogP contribution in [0.2, 0.25) is 0 Å². The molecule has 7 heteroatoms. The van der Waals surface area contributed by atoms with Crippen LogP contribution in [-0.4, -0.2) is 34.6 Å². The lowest BCUT2D eigenvalue weighted by Crippen LogP contribution is -2.36. The molecule has 0 saturated carbocycles. The smallest absolute Gasteiger partial charge is 0.227 e. The zero-order chi connectivity index (χ0) is 23.2. The Kier molecular flexibility index (Phi) is 5.52.